The number of aryl methyl sites for hydroxylation is 1. The van der Waals surface area contributed by atoms with Crippen LogP contribution in [0.25, 0.3) is 11.0 Å². The summed E-state index contributed by atoms with van der Waals surface area (Å²) in [6.07, 6.45) is 9.43. The Labute approximate surface area is 178 Å². The Hall–Kier alpha value is -2.55. The second kappa shape index (κ2) is 11.0. The molecule has 5 N–H and O–H groups in total. The molecule has 166 valence electrons. The predicted octanol–water partition coefficient (Wildman–Crippen LogP) is 2.66. The average molecular weight is 418 g/mol. The summed E-state index contributed by atoms with van der Waals surface area (Å²) in [7, 11) is 1.87. The number of nitrogen functional groups attached to an aromatic ring is 1. The monoisotopic (exact) mass is 417 g/mol. The van der Waals surface area contributed by atoms with E-state index < -0.39 is 0 Å². The number of urea groups is 1. The molecule has 2 amide bonds. The molecule has 0 aliphatic heterocycles. The number of carbonyl (C=O) groups excluding carboxylic acids is 1. The first-order chi connectivity index (χ1) is 14.6. The van der Waals surface area contributed by atoms with Crippen LogP contribution in [0, 0.1) is 0 Å². The van der Waals surface area contributed by atoms with Gasteiger partial charge in [-0.25, -0.2) is 14.8 Å². The Balaban J connectivity index is 1.49. The van der Waals surface area contributed by atoms with Crippen molar-refractivity contribution in [3.05, 3.63) is 12.0 Å². The number of carbonyl (C=O) groups is 1. The Morgan fingerprint density at radius 2 is 2.10 bits per heavy atom. The molecule has 9 nitrogen and oxygen atoms in total. The highest BCUT2D eigenvalue weighted by molar-refractivity contribution is 5.94. The zero-order valence-corrected chi connectivity index (χ0v) is 18.2. The molecule has 0 spiro atoms. The van der Waals surface area contributed by atoms with Crippen LogP contribution in [0.15, 0.2) is 6.20 Å². The summed E-state index contributed by atoms with van der Waals surface area (Å²) < 4.78 is 7.93. The minimum atomic E-state index is -0.0991. The zero-order valence-electron chi connectivity index (χ0n) is 18.2. The van der Waals surface area contributed by atoms with Gasteiger partial charge in [-0.15, -0.1) is 0 Å². The maximum absolute atomic E-state index is 12.0. The van der Waals surface area contributed by atoms with Gasteiger partial charge in [0.15, 0.2) is 5.82 Å². The molecular formula is C21H35N7O2. The number of ether oxygens (including phenoxy) is 1. The highest BCUT2D eigenvalue weighted by Gasteiger charge is 2.17. The maximum atomic E-state index is 12.0. The Bertz CT molecular complexity index is 830. The lowest BCUT2D eigenvalue weighted by Crippen LogP contribution is -2.43. The molecule has 1 saturated carbocycles. The molecule has 0 atom stereocenters. The third-order valence-corrected chi connectivity index (χ3v) is 5.55. The minimum absolute atomic E-state index is 0.0991. The standard InChI is InChI=1S/C21H35N7O2/c1-3-7-17-27-18-19(16(23-2)14-25-20(18)22)28(17)11-13-30-12-10-24-21(29)26-15-8-5-4-6-9-15/h14-15,23H,3-13H2,1-2H3,(H2,22,25)(H2,24,26,29). The number of amides is 2. The lowest BCUT2D eigenvalue weighted by atomic mass is 9.96. The van der Waals surface area contributed by atoms with Gasteiger partial charge in [0.25, 0.3) is 0 Å². The Kier molecular flexibility index (Phi) is 8.12. The first-order valence-electron chi connectivity index (χ1n) is 11.1. The first-order valence-corrected chi connectivity index (χ1v) is 11.1. The summed E-state index contributed by atoms with van der Waals surface area (Å²) in [4.78, 5) is 20.9. The van der Waals surface area contributed by atoms with Crippen molar-refractivity contribution in [3.63, 3.8) is 0 Å². The first kappa shape index (κ1) is 22.1. The molecule has 3 rings (SSSR count). The quantitative estimate of drug-likeness (QED) is 0.441. The Morgan fingerprint density at radius 1 is 1.30 bits per heavy atom. The van der Waals surface area contributed by atoms with Gasteiger partial charge in [-0.3, -0.25) is 0 Å². The van der Waals surface area contributed by atoms with Crippen LogP contribution in [0.1, 0.15) is 51.3 Å². The molecule has 0 saturated heterocycles. The van der Waals surface area contributed by atoms with E-state index in [9.17, 15) is 4.79 Å². The molecule has 0 aromatic carbocycles. The summed E-state index contributed by atoms with van der Waals surface area (Å²) in [5, 5.41) is 9.11. The van der Waals surface area contributed by atoms with Gasteiger partial charge in [-0.1, -0.05) is 26.2 Å². The topological polar surface area (TPSA) is 119 Å². The van der Waals surface area contributed by atoms with Crippen LogP contribution in [-0.2, 0) is 17.7 Å². The number of hydrogen-bond donors (Lipinski definition) is 4. The summed E-state index contributed by atoms with van der Waals surface area (Å²) in [5.74, 6) is 1.42. The van der Waals surface area contributed by atoms with Gasteiger partial charge in [-0.2, -0.15) is 0 Å². The molecule has 0 bridgehead atoms. The lowest BCUT2D eigenvalue weighted by molar-refractivity contribution is 0.128. The molecular weight excluding hydrogens is 382 g/mol. The molecule has 0 unspecified atom stereocenters. The van der Waals surface area contributed by atoms with E-state index in [1.807, 2.05) is 7.05 Å². The number of imidazole rings is 1. The van der Waals surface area contributed by atoms with Crippen molar-refractivity contribution in [2.45, 2.75) is 64.5 Å². The normalized spacial score (nSPS) is 14.7. The molecule has 1 aliphatic rings. The number of aromatic nitrogens is 3. The molecule has 9 heteroatoms. The zero-order chi connectivity index (χ0) is 21.3. The van der Waals surface area contributed by atoms with Gasteiger partial charge in [0.05, 0.1) is 30.6 Å². The summed E-state index contributed by atoms with van der Waals surface area (Å²) in [6.45, 7) is 4.28. The fraction of sp³-hybridized carbons (Fsp3) is 0.667. The number of pyridine rings is 1. The van der Waals surface area contributed by atoms with E-state index in [1.54, 1.807) is 6.20 Å². The number of hydrogen-bond acceptors (Lipinski definition) is 6. The number of nitrogens with two attached hydrogens (primary N) is 1. The third kappa shape index (κ3) is 5.53. The highest BCUT2D eigenvalue weighted by Crippen LogP contribution is 2.27. The highest BCUT2D eigenvalue weighted by atomic mass is 16.5. The van der Waals surface area contributed by atoms with E-state index in [1.165, 1.54) is 19.3 Å². The fourth-order valence-corrected chi connectivity index (χ4v) is 4.02. The van der Waals surface area contributed by atoms with E-state index in [4.69, 9.17) is 15.5 Å². The average Bonchev–Trinajstić information content (AvgIpc) is 3.11. The molecule has 1 fully saturated rings. The molecule has 2 heterocycles. The van der Waals surface area contributed by atoms with Crippen LogP contribution >= 0.6 is 0 Å². The van der Waals surface area contributed by atoms with Crippen LogP contribution in [0.3, 0.4) is 0 Å². The van der Waals surface area contributed by atoms with Crippen molar-refractivity contribution in [1.82, 2.24) is 25.2 Å². The van der Waals surface area contributed by atoms with Crippen molar-refractivity contribution in [2.24, 2.45) is 0 Å². The van der Waals surface area contributed by atoms with E-state index in [-0.39, 0.29) is 6.03 Å². The van der Waals surface area contributed by atoms with Crippen molar-refractivity contribution in [2.75, 3.05) is 37.9 Å². The van der Waals surface area contributed by atoms with Crippen LogP contribution in [0.2, 0.25) is 0 Å². The van der Waals surface area contributed by atoms with Gasteiger partial charge >= 0.3 is 6.03 Å². The number of anilines is 2. The van der Waals surface area contributed by atoms with E-state index >= 15 is 0 Å². The van der Waals surface area contributed by atoms with Gasteiger partial charge in [-0.05, 0) is 19.3 Å². The Morgan fingerprint density at radius 3 is 2.83 bits per heavy atom. The van der Waals surface area contributed by atoms with Gasteiger partial charge in [0.2, 0.25) is 0 Å². The van der Waals surface area contributed by atoms with Crippen LogP contribution in [0.5, 0.6) is 0 Å². The second-order valence-corrected chi connectivity index (χ2v) is 7.78. The number of nitrogens with one attached hydrogen (secondary N) is 3. The number of fused-ring (bicyclic) bond motifs is 1. The fourth-order valence-electron chi connectivity index (χ4n) is 4.02. The second-order valence-electron chi connectivity index (χ2n) is 7.78. The van der Waals surface area contributed by atoms with E-state index in [0.29, 0.717) is 38.2 Å². The van der Waals surface area contributed by atoms with Gasteiger partial charge < -0.3 is 31.0 Å². The van der Waals surface area contributed by atoms with Crippen LogP contribution < -0.4 is 21.7 Å². The molecule has 1 aliphatic carbocycles. The summed E-state index contributed by atoms with van der Waals surface area (Å²) in [5.41, 5.74) is 8.64. The predicted molar refractivity (Wildman–Crippen MR) is 120 cm³/mol. The summed E-state index contributed by atoms with van der Waals surface area (Å²) in [6, 6.07) is 0.215. The van der Waals surface area contributed by atoms with Crippen molar-refractivity contribution < 1.29 is 9.53 Å². The van der Waals surface area contributed by atoms with E-state index in [0.717, 1.165) is 48.2 Å². The SMILES string of the molecule is CCCc1nc2c(N)ncc(NC)c2n1CCOCCNC(=O)NC1CCCCC1. The van der Waals surface area contributed by atoms with Crippen molar-refractivity contribution in [3.8, 4) is 0 Å². The third-order valence-electron chi connectivity index (χ3n) is 5.55. The maximum Gasteiger partial charge on any atom is 0.315 e. The smallest absolute Gasteiger partial charge is 0.315 e. The molecule has 2 aromatic heterocycles. The molecule has 0 radical (unpaired) electrons. The van der Waals surface area contributed by atoms with Gasteiger partial charge in [0, 0.05) is 32.6 Å². The largest absolute Gasteiger partial charge is 0.385 e. The molecule has 2 aromatic rings. The number of nitrogens with zero attached hydrogens (tertiary/aromatic N) is 3. The van der Waals surface area contributed by atoms with Gasteiger partial charge in [0.1, 0.15) is 11.3 Å². The molecule has 30 heavy (non-hydrogen) atoms. The number of rotatable bonds is 10. The lowest BCUT2D eigenvalue weighted by Gasteiger charge is -2.22. The van der Waals surface area contributed by atoms with Crippen LogP contribution in [0.4, 0.5) is 16.3 Å². The van der Waals surface area contributed by atoms with Crippen molar-refractivity contribution >= 4 is 28.6 Å². The van der Waals surface area contributed by atoms with E-state index in [2.05, 4.69) is 32.4 Å². The van der Waals surface area contributed by atoms with Crippen LogP contribution in [-0.4, -0.2) is 53.4 Å². The van der Waals surface area contributed by atoms with Crippen molar-refractivity contribution in [1.29, 1.82) is 0 Å². The minimum Gasteiger partial charge on any atom is -0.385 e. The summed E-state index contributed by atoms with van der Waals surface area (Å²) >= 11 is 0.